The number of hydrogen-bond acceptors (Lipinski definition) is 7. The van der Waals surface area contributed by atoms with Gasteiger partial charge in [-0.05, 0) is 44.7 Å². The Bertz CT molecular complexity index is 1230. The van der Waals surface area contributed by atoms with E-state index in [1.807, 2.05) is 46.0 Å². The van der Waals surface area contributed by atoms with Crippen molar-refractivity contribution in [2.75, 3.05) is 36.9 Å². The molecule has 7 nitrogen and oxygen atoms in total. The fourth-order valence-electron chi connectivity index (χ4n) is 4.66. The number of allylic oxidation sites excluding steroid dienone is 7. The lowest BCUT2D eigenvalue weighted by Crippen LogP contribution is -2.49. The maximum atomic E-state index is 15.2. The molecule has 3 rings (SSSR count). The summed E-state index contributed by atoms with van der Waals surface area (Å²) >= 11 is 0. The van der Waals surface area contributed by atoms with Crippen LogP contribution in [0.3, 0.4) is 0 Å². The lowest BCUT2D eigenvalue weighted by Gasteiger charge is -2.39. The van der Waals surface area contributed by atoms with Crippen molar-refractivity contribution in [1.29, 1.82) is 0 Å². The van der Waals surface area contributed by atoms with Crippen LogP contribution in [0.1, 0.15) is 64.3 Å². The van der Waals surface area contributed by atoms with Gasteiger partial charge in [0.25, 0.3) is 0 Å². The van der Waals surface area contributed by atoms with Crippen molar-refractivity contribution in [3.8, 4) is 0 Å². The van der Waals surface area contributed by atoms with Gasteiger partial charge in [-0.3, -0.25) is 4.98 Å². The minimum atomic E-state index is -0.342. The molecule has 0 radical (unpaired) electrons. The summed E-state index contributed by atoms with van der Waals surface area (Å²) in [6.07, 6.45) is 15.6. The van der Waals surface area contributed by atoms with Gasteiger partial charge < -0.3 is 15.2 Å². The number of aromatic nitrogens is 3. The number of halogens is 1. The van der Waals surface area contributed by atoms with E-state index in [-0.39, 0.29) is 5.82 Å². The summed E-state index contributed by atoms with van der Waals surface area (Å²) in [5.41, 5.74) is 8.47. The SMILES string of the molecule is C\C=C/C(=C\C(C)=C\CC)c1ncc(CNc2ncnc(N3CCN(NC)/C(=C\C(C)CC)C3)c2C)cc1F. The van der Waals surface area contributed by atoms with Gasteiger partial charge in [-0.25, -0.2) is 19.8 Å². The molecule has 0 saturated carbocycles. The Morgan fingerprint density at radius 1 is 1.21 bits per heavy atom. The summed E-state index contributed by atoms with van der Waals surface area (Å²) in [6.45, 7) is 15.4. The number of pyridine rings is 1. The van der Waals surface area contributed by atoms with Crippen LogP contribution in [0.15, 0.2) is 60.2 Å². The van der Waals surface area contributed by atoms with Crippen LogP contribution in [0.5, 0.6) is 0 Å². The maximum Gasteiger partial charge on any atom is 0.149 e. The third-order valence-electron chi connectivity index (χ3n) is 6.93. The van der Waals surface area contributed by atoms with E-state index < -0.39 is 0 Å². The van der Waals surface area contributed by atoms with Crippen LogP contribution in [0.2, 0.25) is 0 Å². The number of nitrogens with one attached hydrogen (secondary N) is 2. The standard InChI is InChI=1S/C31H44FN7/c1-8-11-23(5)15-26(12-9-2)29-28(32)17-25(18-34-29)19-35-30-24(6)31(37-21-36-30)38-13-14-39(33-7)27(20-38)16-22(4)10-3/h9,11-12,15-18,21-22,33H,8,10,13-14,19-20H2,1-7H3,(H,35,36,37)/b12-9-,23-11+,26-15+,27-16-. The summed E-state index contributed by atoms with van der Waals surface area (Å²) in [6, 6.07) is 1.55. The fraction of sp³-hybridized carbons (Fsp3) is 0.452. The molecule has 2 N–H and O–H groups in total. The zero-order valence-corrected chi connectivity index (χ0v) is 24.6. The van der Waals surface area contributed by atoms with Crippen molar-refractivity contribution in [3.63, 3.8) is 0 Å². The van der Waals surface area contributed by atoms with Crippen LogP contribution in [0.4, 0.5) is 16.0 Å². The summed E-state index contributed by atoms with van der Waals surface area (Å²) < 4.78 is 15.2. The van der Waals surface area contributed by atoms with Crippen LogP contribution in [0.25, 0.3) is 5.57 Å². The molecule has 1 atom stereocenters. The third-order valence-corrected chi connectivity index (χ3v) is 6.93. The second-order valence-electron chi connectivity index (χ2n) is 9.99. The zero-order valence-electron chi connectivity index (χ0n) is 24.6. The number of anilines is 2. The number of rotatable bonds is 11. The monoisotopic (exact) mass is 533 g/mol. The Hall–Kier alpha value is -3.52. The summed E-state index contributed by atoms with van der Waals surface area (Å²) in [4.78, 5) is 15.9. The highest BCUT2D eigenvalue weighted by atomic mass is 19.1. The van der Waals surface area contributed by atoms with Gasteiger partial charge in [0.05, 0.1) is 13.1 Å². The first-order valence-corrected chi connectivity index (χ1v) is 13.9. The first-order valence-electron chi connectivity index (χ1n) is 13.9. The van der Waals surface area contributed by atoms with E-state index in [4.69, 9.17) is 0 Å². The molecule has 0 aromatic carbocycles. The van der Waals surface area contributed by atoms with E-state index >= 15 is 4.39 Å². The van der Waals surface area contributed by atoms with E-state index in [0.29, 0.717) is 18.2 Å². The van der Waals surface area contributed by atoms with Crippen LogP contribution in [-0.4, -0.2) is 46.6 Å². The van der Waals surface area contributed by atoms with Gasteiger partial charge in [0.2, 0.25) is 0 Å². The van der Waals surface area contributed by atoms with Gasteiger partial charge in [-0.2, -0.15) is 0 Å². The second-order valence-corrected chi connectivity index (χ2v) is 9.99. The highest BCUT2D eigenvalue weighted by Crippen LogP contribution is 2.27. The molecule has 1 aliphatic heterocycles. The first-order chi connectivity index (χ1) is 18.8. The largest absolute Gasteiger partial charge is 0.366 e. The van der Waals surface area contributed by atoms with Crippen molar-refractivity contribution >= 4 is 17.2 Å². The molecule has 2 aromatic rings. The van der Waals surface area contributed by atoms with Crippen molar-refractivity contribution in [3.05, 3.63) is 82.9 Å². The molecule has 39 heavy (non-hydrogen) atoms. The number of hydrazine groups is 1. The zero-order chi connectivity index (χ0) is 28.4. The minimum Gasteiger partial charge on any atom is -0.366 e. The Morgan fingerprint density at radius 2 is 2.00 bits per heavy atom. The highest BCUT2D eigenvalue weighted by molar-refractivity contribution is 5.74. The van der Waals surface area contributed by atoms with Crippen LogP contribution >= 0.6 is 0 Å². The van der Waals surface area contributed by atoms with Gasteiger partial charge in [0.15, 0.2) is 0 Å². The summed E-state index contributed by atoms with van der Waals surface area (Å²) in [7, 11) is 1.96. The average molecular weight is 534 g/mol. The third kappa shape index (κ3) is 7.99. The van der Waals surface area contributed by atoms with Crippen LogP contribution in [0, 0.1) is 18.7 Å². The average Bonchev–Trinajstić information content (AvgIpc) is 2.92. The predicted molar refractivity (Wildman–Crippen MR) is 161 cm³/mol. The topological polar surface area (TPSA) is 69.2 Å². The van der Waals surface area contributed by atoms with Crippen molar-refractivity contribution < 1.29 is 4.39 Å². The van der Waals surface area contributed by atoms with Gasteiger partial charge in [0.1, 0.15) is 29.5 Å². The first kappa shape index (κ1) is 30.0. The Balaban J connectivity index is 1.77. The van der Waals surface area contributed by atoms with Crippen molar-refractivity contribution in [2.45, 2.75) is 60.9 Å². The predicted octanol–water partition coefficient (Wildman–Crippen LogP) is 6.43. The molecule has 0 amide bonds. The van der Waals surface area contributed by atoms with E-state index in [0.717, 1.165) is 66.4 Å². The molecule has 1 saturated heterocycles. The molecular weight excluding hydrogens is 489 g/mol. The van der Waals surface area contributed by atoms with Gasteiger partial charge >= 0.3 is 0 Å². The molecular formula is C31H44FN7. The van der Waals surface area contributed by atoms with E-state index in [9.17, 15) is 0 Å². The minimum absolute atomic E-state index is 0.342. The van der Waals surface area contributed by atoms with Gasteiger partial charge in [-0.1, -0.05) is 63.1 Å². The molecule has 8 heteroatoms. The van der Waals surface area contributed by atoms with Crippen molar-refractivity contribution in [2.24, 2.45) is 5.92 Å². The number of hydrogen-bond donors (Lipinski definition) is 2. The van der Waals surface area contributed by atoms with Crippen LogP contribution < -0.4 is 15.6 Å². The van der Waals surface area contributed by atoms with Crippen LogP contribution in [-0.2, 0) is 6.54 Å². The number of piperazine rings is 1. The normalized spacial score (nSPS) is 16.9. The smallest absolute Gasteiger partial charge is 0.149 e. The lowest BCUT2D eigenvalue weighted by molar-refractivity contribution is 0.248. The number of nitrogens with zero attached hydrogens (tertiary/aromatic N) is 5. The second kappa shape index (κ2) is 14.6. The molecule has 3 heterocycles. The highest BCUT2D eigenvalue weighted by Gasteiger charge is 2.24. The quantitative estimate of drug-likeness (QED) is 0.323. The van der Waals surface area contributed by atoms with E-state index in [1.54, 1.807) is 18.6 Å². The Morgan fingerprint density at radius 3 is 2.67 bits per heavy atom. The summed E-state index contributed by atoms with van der Waals surface area (Å²) in [5.74, 6) is 1.81. The van der Waals surface area contributed by atoms with Gasteiger partial charge in [0, 0.05) is 43.2 Å². The molecule has 1 fully saturated rings. The maximum absolute atomic E-state index is 15.2. The molecule has 0 bridgehead atoms. The molecule has 1 unspecified atom stereocenters. The summed E-state index contributed by atoms with van der Waals surface area (Å²) in [5, 5.41) is 5.58. The Kier molecular flexibility index (Phi) is 11.2. The van der Waals surface area contributed by atoms with E-state index in [2.05, 4.69) is 68.5 Å². The van der Waals surface area contributed by atoms with Gasteiger partial charge in [-0.15, -0.1) is 0 Å². The Labute approximate surface area is 233 Å². The molecule has 1 aliphatic rings. The van der Waals surface area contributed by atoms with E-state index in [1.165, 1.54) is 5.70 Å². The molecule has 0 aliphatic carbocycles. The molecule has 2 aromatic heterocycles. The fourth-order valence-corrected chi connectivity index (χ4v) is 4.66. The van der Waals surface area contributed by atoms with Crippen molar-refractivity contribution in [1.82, 2.24) is 25.4 Å². The lowest BCUT2D eigenvalue weighted by atomic mass is 10.1. The molecule has 210 valence electrons. The molecule has 0 spiro atoms.